The molecule has 24 heavy (non-hydrogen) atoms. The maximum absolute atomic E-state index is 13.8. The Morgan fingerprint density at radius 3 is 2.92 bits per heavy atom. The lowest BCUT2D eigenvalue weighted by Gasteiger charge is -2.04. The van der Waals surface area contributed by atoms with Crippen LogP contribution in [-0.4, -0.2) is 22.3 Å². The van der Waals surface area contributed by atoms with E-state index in [1.54, 1.807) is 30.3 Å². The fourth-order valence-electron chi connectivity index (χ4n) is 2.40. The zero-order chi connectivity index (χ0) is 17.1. The molecule has 0 aliphatic carbocycles. The molecule has 0 amide bonds. The SMILES string of the molecule is CC(c1ccc(C(N)=NC=N)[nH]1)c1cc(-c2ccccc2F)no1. The molecule has 6 nitrogen and oxygen atoms in total. The fraction of sp³-hybridized carbons (Fsp3) is 0.118. The van der Waals surface area contributed by atoms with Crippen LogP contribution >= 0.6 is 0 Å². The zero-order valence-electron chi connectivity index (χ0n) is 13.0. The first kappa shape index (κ1) is 15.7. The second kappa shape index (κ2) is 6.49. The van der Waals surface area contributed by atoms with Crippen molar-refractivity contribution in [2.24, 2.45) is 10.7 Å². The van der Waals surface area contributed by atoms with E-state index >= 15 is 0 Å². The van der Waals surface area contributed by atoms with E-state index in [9.17, 15) is 4.39 Å². The number of rotatable bonds is 5. The van der Waals surface area contributed by atoms with Crippen molar-refractivity contribution < 1.29 is 8.91 Å². The van der Waals surface area contributed by atoms with Crippen molar-refractivity contribution in [2.45, 2.75) is 12.8 Å². The molecule has 1 unspecified atom stereocenters. The summed E-state index contributed by atoms with van der Waals surface area (Å²) in [5.41, 5.74) is 8.06. The van der Waals surface area contributed by atoms with Gasteiger partial charge in [-0.15, -0.1) is 0 Å². The first-order chi connectivity index (χ1) is 11.6. The van der Waals surface area contributed by atoms with Gasteiger partial charge in [-0.05, 0) is 31.2 Å². The van der Waals surface area contributed by atoms with E-state index in [1.165, 1.54) is 6.07 Å². The van der Waals surface area contributed by atoms with Crippen LogP contribution in [0.1, 0.15) is 30.0 Å². The molecule has 2 heterocycles. The summed E-state index contributed by atoms with van der Waals surface area (Å²) in [6.45, 7) is 1.94. The van der Waals surface area contributed by atoms with Gasteiger partial charge >= 0.3 is 0 Å². The number of hydrogen-bond acceptors (Lipinski definition) is 3. The summed E-state index contributed by atoms with van der Waals surface area (Å²) < 4.78 is 19.2. The van der Waals surface area contributed by atoms with E-state index in [0.29, 0.717) is 22.7 Å². The van der Waals surface area contributed by atoms with Gasteiger partial charge < -0.3 is 15.2 Å². The summed E-state index contributed by atoms with van der Waals surface area (Å²) in [6, 6.07) is 11.8. The highest BCUT2D eigenvalue weighted by Crippen LogP contribution is 2.28. The maximum atomic E-state index is 13.8. The summed E-state index contributed by atoms with van der Waals surface area (Å²) in [6.07, 6.45) is 0.885. The average molecular weight is 325 g/mol. The van der Waals surface area contributed by atoms with Crippen molar-refractivity contribution in [3.63, 3.8) is 0 Å². The van der Waals surface area contributed by atoms with Crippen LogP contribution in [0.2, 0.25) is 0 Å². The first-order valence-corrected chi connectivity index (χ1v) is 7.33. The average Bonchev–Trinajstić information content (AvgIpc) is 3.25. The number of aliphatic imine (C=N–C) groups is 1. The molecule has 122 valence electrons. The van der Waals surface area contributed by atoms with Gasteiger partial charge in [0.1, 0.15) is 29.4 Å². The van der Waals surface area contributed by atoms with E-state index < -0.39 is 0 Å². The fourth-order valence-corrected chi connectivity index (χ4v) is 2.40. The third-order valence-corrected chi connectivity index (χ3v) is 3.76. The minimum atomic E-state index is -0.345. The predicted molar refractivity (Wildman–Crippen MR) is 89.7 cm³/mol. The zero-order valence-corrected chi connectivity index (χ0v) is 13.0. The van der Waals surface area contributed by atoms with Crippen molar-refractivity contribution in [2.75, 3.05) is 0 Å². The number of nitrogens with zero attached hydrogens (tertiary/aromatic N) is 2. The van der Waals surface area contributed by atoms with Gasteiger partial charge in [0.25, 0.3) is 0 Å². The quantitative estimate of drug-likeness (QED) is 0.495. The molecule has 3 aromatic rings. The van der Waals surface area contributed by atoms with Crippen molar-refractivity contribution in [1.82, 2.24) is 10.1 Å². The van der Waals surface area contributed by atoms with Gasteiger partial charge in [-0.2, -0.15) is 0 Å². The van der Waals surface area contributed by atoms with Crippen LogP contribution < -0.4 is 5.73 Å². The summed E-state index contributed by atoms with van der Waals surface area (Å²) in [4.78, 5) is 6.86. The molecule has 7 heteroatoms. The molecule has 1 aromatic carbocycles. The molecule has 0 saturated carbocycles. The molecule has 0 spiro atoms. The van der Waals surface area contributed by atoms with Crippen LogP contribution in [0.25, 0.3) is 11.3 Å². The standard InChI is InChI=1S/C17H16FN5O/c1-10(13-6-7-14(22-13)17(20)21-9-19)16-8-15(23-24-16)11-4-2-3-5-12(11)18/h2-10,22H,1H3,(H3,19,20,21). The molecule has 0 saturated heterocycles. The van der Waals surface area contributed by atoms with Crippen LogP contribution in [0, 0.1) is 11.2 Å². The van der Waals surface area contributed by atoms with Crippen molar-refractivity contribution in [3.8, 4) is 11.3 Å². The van der Waals surface area contributed by atoms with Crippen molar-refractivity contribution >= 4 is 12.2 Å². The van der Waals surface area contributed by atoms with E-state index in [-0.39, 0.29) is 17.6 Å². The van der Waals surface area contributed by atoms with E-state index in [2.05, 4.69) is 15.1 Å². The summed E-state index contributed by atoms with van der Waals surface area (Å²) in [5, 5.41) is 10.9. The second-order valence-corrected chi connectivity index (χ2v) is 5.29. The van der Waals surface area contributed by atoms with Gasteiger partial charge in [0.2, 0.25) is 0 Å². The van der Waals surface area contributed by atoms with Gasteiger partial charge in [0, 0.05) is 17.3 Å². The summed E-state index contributed by atoms with van der Waals surface area (Å²) >= 11 is 0. The van der Waals surface area contributed by atoms with Crippen molar-refractivity contribution in [1.29, 1.82) is 5.41 Å². The molecular formula is C17H16FN5O. The van der Waals surface area contributed by atoms with Crippen LogP contribution in [0.15, 0.2) is 52.0 Å². The number of halogens is 1. The molecule has 0 aliphatic rings. The highest BCUT2D eigenvalue weighted by atomic mass is 19.1. The minimum Gasteiger partial charge on any atom is -0.382 e. The number of hydrogen-bond donors (Lipinski definition) is 3. The third-order valence-electron chi connectivity index (χ3n) is 3.76. The van der Waals surface area contributed by atoms with Gasteiger partial charge in [-0.3, -0.25) is 5.41 Å². The lowest BCUT2D eigenvalue weighted by Crippen LogP contribution is -2.14. The lowest BCUT2D eigenvalue weighted by atomic mass is 10.0. The number of benzene rings is 1. The van der Waals surface area contributed by atoms with Crippen LogP contribution in [-0.2, 0) is 0 Å². The molecule has 0 bridgehead atoms. The Kier molecular flexibility index (Phi) is 4.24. The summed E-state index contributed by atoms with van der Waals surface area (Å²) in [5.74, 6) is 0.361. The molecule has 2 aromatic heterocycles. The molecule has 0 fully saturated rings. The Morgan fingerprint density at radius 1 is 1.38 bits per heavy atom. The molecule has 0 radical (unpaired) electrons. The second-order valence-electron chi connectivity index (χ2n) is 5.29. The Labute approximate surface area is 137 Å². The lowest BCUT2D eigenvalue weighted by molar-refractivity contribution is 0.376. The van der Waals surface area contributed by atoms with Crippen LogP contribution in [0.4, 0.5) is 4.39 Å². The van der Waals surface area contributed by atoms with E-state index in [0.717, 1.165) is 12.0 Å². The predicted octanol–water partition coefficient (Wildman–Crippen LogP) is 3.27. The van der Waals surface area contributed by atoms with Gasteiger partial charge in [0.05, 0.1) is 11.6 Å². The summed E-state index contributed by atoms with van der Waals surface area (Å²) in [7, 11) is 0. The first-order valence-electron chi connectivity index (χ1n) is 7.33. The number of H-pyrrole nitrogens is 1. The van der Waals surface area contributed by atoms with Gasteiger partial charge in [0.15, 0.2) is 0 Å². The number of amidine groups is 1. The topological polar surface area (TPSA) is 104 Å². The number of nitrogens with two attached hydrogens (primary N) is 1. The van der Waals surface area contributed by atoms with Crippen molar-refractivity contribution in [3.05, 3.63) is 65.4 Å². The number of nitrogens with one attached hydrogen (secondary N) is 2. The highest BCUT2D eigenvalue weighted by molar-refractivity contribution is 5.99. The van der Waals surface area contributed by atoms with E-state index in [4.69, 9.17) is 15.7 Å². The largest absolute Gasteiger partial charge is 0.382 e. The number of aromatic amines is 1. The maximum Gasteiger partial charge on any atom is 0.148 e. The normalized spacial score (nSPS) is 13.0. The van der Waals surface area contributed by atoms with E-state index in [1.807, 2.05) is 13.0 Å². The Balaban J connectivity index is 1.87. The molecular weight excluding hydrogens is 309 g/mol. The highest BCUT2D eigenvalue weighted by Gasteiger charge is 2.18. The Hall–Kier alpha value is -3.22. The molecule has 1 atom stereocenters. The molecule has 4 N–H and O–H groups in total. The molecule has 3 rings (SSSR count). The monoisotopic (exact) mass is 325 g/mol. The molecule has 0 aliphatic heterocycles. The Morgan fingerprint density at radius 2 is 2.17 bits per heavy atom. The van der Waals surface area contributed by atoms with Crippen LogP contribution in [0.5, 0.6) is 0 Å². The third kappa shape index (κ3) is 2.96. The van der Waals surface area contributed by atoms with Crippen LogP contribution in [0.3, 0.4) is 0 Å². The van der Waals surface area contributed by atoms with Gasteiger partial charge in [-0.25, -0.2) is 9.38 Å². The smallest absolute Gasteiger partial charge is 0.148 e. The number of aromatic nitrogens is 2. The Bertz CT molecular complexity index is 896. The van der Waals surface area contributed by atoms with Gasteiger partial charge in [-0.1, -0.05) is 17.3 Å². The minimum absolute atomic E-state index is 0.125.